The van der Waals surface area contributed by atoms with Crippen LogP contribution in [0.3, 0.4) is 0 Å². The molecule has 0 radical (unpaired) electrons. The average Bonchev–Trinajstić information content (AvgIpc) is 2.50. The van der Waals surface area contributed by atoms with Gasteiger partial charge in [0.25, 0.3) is 0 Å². The number of benzene rings is 1. The summed E-state index contributed by atoms with van der Waals surface area (Å²) >= 11 is 5.19. The Morgan fingerprint density at radius 1 is 1.45 bits per heavy atom. The van der Waals surface area contributed by atoms with E-state index in [1.54, 1.807) is 11.8 Å². The van der Waals surface area contributed by atoms with Gasteiger partial charge in [0.05, 0.1) is 0 Å². The second-order valence-electron chi connectivity index (χ2n) is 5.64. The molecule has 110 valence electrons. The molecule has 3 nitrogen and oxygen atoms in total. The molecule has 0 saturated carbocycles. The molecule has 1 saturated heterocycles. The Labute approximate surface area is 132 Å². The lowest BCUT2D eigenvalue weighted by Gasteiger charge is -2.36. The van der Waals surface area contributed by atoms with Crippen LogP contribution in [0.25, 0.3) is 0 Å². The minimum atomic E-state index is -0.721. The Morgan fingerprint density at radius 2 is 2.10 bits per heavy atom. The zero-order chi connectivity index (χ0) is 14.8. The first-order valence-electron chi connectivity index (χ1n) is 6.75. The van der Waals surface area contributed by atoms with E-state index in [0.29, 0.717) is 6.54 Å². The third-order valence-electron chi connectivity index (χ3n) is 3.62. The molecule has 0 amide bonds. The second kappa shape index (κ2) is 6.50. The fourth-order valence-corrected chi connectivity index (χ4v) is 4.17. The minimum absolute atomic E-state index is 0.266. The van der Waals surface area contributed by atoms with E-state index in [1.807, 2.05) is 38.1 Å². The molecule has 0 spiro atoms. The first kappa shape index (κ1) is 15.9. The topological polar surface area (TPSA) is 40.5 Å². The lowest BCUT2D eigenvalue weighted by Crippen LogP contribution is -2.51. The second-order valence-corrected chi connectivity index (χ2v) is 8.31. The van der Waals surface area contributed by atoms with E-state index >= 15 is 0 Å². The molecular formula is C15H20BrNO2S. The molecule has 1 fully saturated rings. The summed E-state index contributed by atoms with van der Waals surface area (Å²) in [5, 5.41) is 9.63. The van der Waals surface area contributed by atoms with Crippen molar-refractivity contribution >= 4 is 33.7 Å². The summed E-state index contributed by atoms with van der Waals surface area (Å²) in [6, 6.07) is 7.66. The molecule has 1 N–H and O–H groups in total. The molecule has 0 unspecified atom stereocenters. The SMILES string of the molecule is CC1(C)SCCCN(Cc2ccc(Br)cc2)[C@H]1C(=O)O. The predicted octanol–water partition coefficient (Wildman–Crippen LogP) is 3.62. The summed E-state index contributed by atoms with van der Waals surface area (Å²) < 4.78 is 0.778. The van der Waals surface area contributed by atoms with Crippen molar-refractivity contribution in [3.05, 3.63) is 34.3 Å². The Bertz CT molecular complexity index is 475. The number of carbonyl (C=O) groups is 1. The van der Waals surface area contributed by atoms with Gasteiger partial charge in [0.1, 0.15) is 6.04 Å². The smallest absolute Gasteiger partial charge is 0.322 e. The first-order chi connectivity index (χ1) is 9.40. The number of nitrogens with zero attached hydrogens (tertiary/aromatic N) is 1. The van der Waals surface area contributed by atoms with Crippen LogP contribution in [0.15, 0.2) is 28.7 Å². The van der Waals surface area contributed by atoms with E-state index in [9.17, 15) is 9.90 Å². The molecule has 0 aromatic heterocycles. The Balaban J connectivity index is 2.22. The maximum absolute atomic E-state index is 11.7. The van der Waals surface area contributed by atoms with Crippen molar-refractivity contribution < 1.29 is 9.90 Å². The van der Waals surface area contributed by atoms with Crippen LogP contribution in [0.4, 0.5) is 0 Å². The zero-order valence-corrected chi connectivity index (χ0v) is 14.2. The highest BCUT2D eigenvalue weighted by Crippen LogP contribution is 2.35. The van der Waals surface area contributed by atoms with Gasteiger partial charge < -0.3 is 5.11 Å². The van der Waals surface area contributed by atoms with Gasteiger partial charge in [-0.2, -0.15) is 11.8 Å². The summed E-state index contributed by atoms with van der Waals surface area (Å²) in [5.74, 6) is 0.301. The van der Waals surface area contributed by atoms with Crippen LogP contribution in [0, 0.1) is 0 Å². The van der Waals surface area contributed by atoms with E-state index < -0.39 is 12.0 Å². The van der Waals surface area contributed by atoms with Crippen LogP contribution in [0.2, 0.25) is 0 Å². The highest BCUT2D eigenvalue weighted by Gasteiger charge is 2.41. The van der Waals surface area contributed by atoms with Gasteiger partial charge in [-0.15, -0.1) is 0 Å². The Kier molecular flexibility index (Phi) is 5.15. The lowest BCUT2D eigenvalue weighted by atomic mass is 10.0. The molecule has 20 heavy (non-hydrogen) atoms. The maximum Gasteiger partial charge on any atom is 0.322 e. The molecule has 1 aromatic rings. The van der Waals surface area contributed by atoms with Crippen LogP contribution < -0.4 is 0 Å². The average molecular weight is 358 g/mol. The van der Waals surface area contributed by atoms with Crippen molar-refractivity contribution in [2.45, 2.75) is 37.6 Å². The number of hydrogen-bond acceptors (Lipinski definition) is 3. The number of halogens is 1. The van der Waals surface area contributed by atoms with Crippen molar-refractivity contribution in [1.29, 1.82) is 0 Å². The molecule has 5 heteroatoms. The van der Waals surface area contributed by atoms with Gasteiger partial charge in [-0.25, -0.2) is 0 Å². The van der Waals surface area contributed by atoms with Crippen LogP contribution in [-0.2, 0) is 11.3 Å². The lowest BCUT2D eigenvalue weighted by molar-refractivity contribution is -0.144. The molecule has 1 heterocycles. The number of carboxylic acid groups (broad SMARTS) is 1. The largest absolute Gasteiger partial charge is 0.480 e. The van der Waals surface area contributed by atoms with Crippen LogP contribution in [0.5, 0.6) is 0 Å². The molecule has 0 aliphatic carbocycles. The van der Waals surface area contributed by atoms with Crippen molar-refractivity contribution in [1.82, 2.24) is 4.90 Å². The first-order valence-corrected chi connectivity index (χ1v) is 8.53. The van der Waals surface area contributed by atoms with E-state index in [4.69, 9.17) is 0 Å². The number of rotatable bonds is 3. The standard InChI is InChI=1S/C15H20BrNO2S/c1-15(2)13(14(18)19)17(8-3-9-20-15)10-11-4-6-12(16)7-5-11/h4-7,13H,3,8-10H2,1-2H3,(H,18,19)/t13-/m0/s1. The monoisotopic (exact) mass is 357 g/mol. The quantitative estimate of drug-likeness (QED) is 0.896. The molecule has 1 atom stereocenters. The number of carboxylic acids is 1. The normalized spacial score (nSPS) is 23.2. The molecule has 1 aromatic carbocycles. The maximum atomic E-state index is 11.7. The van der Waals surface area contributed by atoms with Crippen LogP contribution >= 0.6 is 27.7 Å². The van der Waals surface area contributed by atoms with E-state index in [1.165, 1.54) is 0 Å². The van der Waals surface area contributed by atoms with E-state index in [0.717, 1.165) is 28.8 Å². The third kappa shape index (κ3) is 3.77. The minimum Gasteiger partial charge on any atom is -0.480 e. The van der Waals surface area contributed by atoms with E-state index in [2.05, 4.69) is 20.8 Å². The summed E-state index contributed by atoms with van der Waals surface area (Å²) in [7, 11) is 0. The van der Waals surface area contributed by atoms with E-state index in [-0.39, 0.29) is 4.75 Å². The fourth-order valence-electron chi connectivity index (χ4n) is 2.70. The number of thioether (sulfide) groups is 1. The molecular weight excluding hydrogens is 338 g/mol. The Morgan fingerprint density at radius 3 is 2.70 bits per heavy atom. The van der Waals surface area contributed by atoms with Crippen molar-refractivity contribution in [3.8, 4) is 0 Å². The van der Waals surface area contributed by atoms with Gasteiger partial charge in [-0.3, -0.25) is 9.69 Å². The fraction of sp³-hybridized carbons (Fsp3) is 0.533. The van der Waals surface area contributed by atoms with Gasteiger partial charge in [-0.1, -0.05) is 28.1 Å². The van der Waals surface area contributed by atoms with Crippen molar-refractivity contribution in [3.63, 3.8) is 0 Å². The molecule has 2 rings (SSSR count). The Hall–Kier alpha value is -0.520. The van der Waals surface area contributed by atoms with Crippen LogP contribution in [-0.4, -0.2) is 39.1 Å². The molecule has 1 aliphatic rings. The van der Waals surface area contributed by atoms with Gasteiger partial charge >= 0.3 is 5.97 Å². The zero-order valence-electron chi connectivity index (χ0n) is 11.8. The van der Waals surface area contributed by atoms with Gasteiger partial charge in [0.2, 0.25) is 0 Å². The highest BCUT2D eigenvalue weighted by atomic mass is 79.9. The summed E-state index contributed by atoms with van der Waals surface area (Å²) in [6.45, 7) is 5.60. The van der Waals surface area contributed by atoms with Crippen LogP contribution in [0.1, 0.15) is 25.8 Å². The summed E-state index contributed by atoms with van der Waals surface area (Å²) in [6.07, 6.45) is 1.04. The van der Waals surface area contributed by atoms with Gasteiger partial charge in [0.15, 0.2) is 0 Å². The number of hydrogen-bond donors (Lipinski definition) is 1. The number of aliphatic carboxylic acids is 1. The summed E-state index contributed by atoms with van der Waals surface area (Å²) in [4.78, 5) is 13.8. The van der Waals surface area contributed by atoms with Gasteiger partial charge in [0, 0.05) is 22.3 Å². The van der Waals surface area contributed by atoms with Crippen molar-refractivity contribution in [2.24, 2.45) is 0 Å². The third-order valence-corrected chi connectivity index (χ3v) is 5.61. The summed E-state index contributed by atoms with van der Waals surface area (Å²) in [5.41, 5.74) is 1.15. The predicted molar refractivity (Wildman–Crippen MR) is 87.1 cm³/mol. The highest BCUT2D eigenvalue weighted by molar-refractivity contribution is 9.10. The van der Waals surface area contributed by atoms with Crippen molar-refractivity contribution in [2.75, 3.05) is 12.3 Å². The van der Waals surface area contributed by atoms with Gasteiger partial charge in [-0.05, 0) is 43.7 Å². The molecule has 1 aliphatic heterocycles. The molecule has 0 bridgehead atoms.